The van der Waals surface area contributed by atoms with Crippen LogP contribution >= 0.6 is 0 Å². The van der Waals surface area contributed by atoms with Gasteiger partial charge in [0.1, 0.15) is 17.4 Å². The number of nitrogens with one attached hydrogen (secondary N) is 1. The number of allylic oxidation sites excluding steroid dienone is 2. The summed E-state index contributed by atoms with van der Waals surface area (Å²) in [6.07, 6.45) is 2.66. The lowest BCUT2D eigenvalue weighted by molar-refractivity contribution is -0.116. The standard InChI is InChI=1S/C31H29FN2O2/c1-3-20-9-17-24(18-10-20)34-25-5-4-6-26(35)28(25)27(21-13-15-23(32)16-14-21)29(31(34)33)30(36)22-11-7-19(2)8-12-22/h7-18,27,33,36H,3-6H2,1-2H3/b30-29+,33-31?. The molecule has 3 aromatic carbocycles. The quantitative estimate of drug-likeness (QED) is 0.387. The van der Waals surface area contributed by atoms with Gasteiger partial charge in [-0.05, 0) is 61.6 Å². The molecule has 2 aliphatic rings. The average molecular weight is 481 g/mol. The molecule has 4 nitrogen and oxygen atoms in total. The van der Waals surface area contributed by atoms with Gasteiger partial charge in [0.05, 0.1) is 0 Å². The molecule has 1 unspecified atom stereocenters. The van der Waals surface area contributed by atoms with Crippen LogP contribution in [0, 0.1) is 18.2 Å². The number of rotatable bonds is 4. The Hall–Kier alpha value is -3.99. The number of halogens is 1. The van der Waals surface area contributed by atoms with Gasteiger partial charge in [0, 0.05) is 40.4 Å². The lowest BCUT2D eigenvalue weighted by Gasteiger charge is -2.41. The van der Waals surface area contributed by atoms with E-state index < -0.39 is 5.92 Å². The number of aryl methyl sites for hydroxylation is 2. The zero-order valence-electron chi connectivity index (χ0n) is 20.5. The van der Waals surface area contributed by atoms with E-state index in [1.165, 1.54) is 17.7 Å². The molecule has 0 radical (unpaired) electrons. The first kappa shape index (κ1) is 23.7. The molecule has 0 saturated carbocycles. The van der Waals surface area contributed by atoms with Crippen molar-refractivity contribution in [1.29, 1.82) is 5.41 Å². The fraction of sp³-hybridized carbons (Fsp3) is 0.226. The smallest absolute Gasteiger partial charge is 0.161 e. The van der Waals surface area contributed by atoms with E-state index in [4.69, 9.17) is 0 Å². The van der Waals surface area contributed by atoms with Crippen molar-refractivity contribution in [3.63, 3.8) is 0 Å². The van der Waals surface area contributed by atoms with Crippen LogP contribution in [0.4, 0.5) is 10.1 Å². The number of aliphatic hydroxyl groups excluding tert-OH is 1. The summed E-state index contributed by atoms with van der Waals surface area (Å²) in [6.45, 7) is 4.06. The number of amidine groups is 1. The van der Waals surface area contributed by atoms with Crippen molar-refractivity contribution in [1.82, 2.24) is 0 Å². The third-order valence-corrected chi connectivity index (χ3v) is 7.14. The molecule has 0 aromatic heterocycles. The molecule has 0 amide bonds. The van der Waals surface area contributed by atoms with E-state index in [1.807, 2.05) is 60.4 Å². The summed E-state index contributed by atoms with van der Waals surface area (Å²) >= 11 is 0. The van der Waals surface area contributed by atoms with Crippen LogP contribution in [0.2, 0.25) is 0 Å². The number of carbonyl (C=O) groups excluding carboxylic acids is 1. The number of benzene rings is 3. The van der Waals surface area contributed by atoms with Gasteiger partial charge < -0.3 is 5.11 Å². The van der Waals surface area contributed by atoms with E-state index in [1.54, 1.807) is 12.1 Å². The summed E-state index contributed by atoms with van der Waals surface area (Å²) in [4.78, 5) is 15.3. The lowest BCUT2D eigenvalue weighted by Crippen LogP contribution is -2.42. The van der Waals surface area contributed by atoms with Crippen LogP contribution in [0.5, 0.6) is 0 Å². The number of aliphatic hydroxyl groups is 1. The number of hydrogen-bond acceptors (Lipinski definition) is 3. The third-order valence-electron chi connectivity index (χ3n) is 7.14. The van der Waals surface area contributed by atoms with E-state index in [-0.39, 0.29) is 23.2 Å². The molecule has 0 spiro atoms. The van der Waals surface area contributed by atoms with Gasteiger partial charge in [0.2, 0.25) is 0 Å². The molecule has 36 heavy (non-hydrogen) atoms. The first-order chi connectivity index (χ1) is 17.4. The lowest BCUT2D eigenvalue weighted by atomic mass is 9.73. The van der Waals surface area contributed by atoms with Crippen LogP contribution in [0.1, 0.15) is 54.4 Å². The average Bonchev–Trinajstić information content (AvgIpc) is 2.89. The minimum absolute atomic E-state index is 0.00228. The van der Waals surface area contributed by atoms with Crippen molar-refractivity contribution in [2.45, 2.75) is 45.4 Å². The Labute approximate surface area is 210 Å². The van der Waals surface area contributed by atoms with Crippen LogP contribution in [0.3, 0.4) is 0 Å². The largest absolute Gasteiger partial charge is 0.507 e. The summed E-state index contributed by atoms with van der Waals surface area (Å²) in [7, 11) is 0. The maximum Gasteiger partial charge on any atom is 0.161 e. The minimum Gasteiger partial charge on any atom is -0.507 e. The Morgan fingerprint density at radius 2 is 1.67 bits per heavy atom. The fourth-order valence-electron chi connectivity index (χ4n) is 5.21. The SMILES string of the molecule is CCc1ccc(N2C(=N)/C(=C(/O)c3ccc(C)cc3)C(c3ccc(F)cc3)C3=C2CCCC3=O)cc1. The number of hydrogen-bond donors (Lipinski definition) is 2. The topological polar surface area (TPSA) is 64.4 Å². The molecule has 2 N–H and O–H groups in total. The molecular formula is C31H29FN2O2. The van der Waals surface area contributed by atoms with Crippen molar-refractivity contribution in [2.24, 2.45) is 0 Å². The van der Waals surface area contributed by atoms with Crippen molar-refractivity contribution in [3.8, 4) is 0 Å². The van der Waals surface area contributed by atoms with E-state index in [0.717, 1.165) is 23.4 Å². The van der Waals surface area contributed by atoms with Crippen LogP contribution in [-0.2, 0) is 11.2 Å². The molecule has 5 heteroatoms. The number of anilines is 1. The molecule has 1 aliphatic heterocycles. The van der Waals surface area contributed by atoms with E-state index in [0.29, 0.717) is 41.5 Å². The second-order valence-corrected chi connectivity index (χ2v) is 9.45. The third kappa shape index (κ3) is 4.15. The predicted octanol–water partition coefficient (Wildman–Crippen LogP) is 7.25. The van der Waals surface area contributed by atoms with Gasteiger partial charge in [-0.25, -0.2) is 4.39 Å². The van der Waals surface area contributed by atoms with Gasteiger partial charge in [-0.1, -0.05) is 61.0 Å². The number of Topliss-reactive ketones (excluding diaryl/α,β-unsaturated/α-hetero) is 1. The summed E-state index contributed by atoms with van der Waals surface area (Å²) in [6, 6.07) is 21.5. The summed E-state index contributed by atoms with van der Waals surface area (Å²) in [5, 5.41) is 21.0. The summed E-state index contributed by atoms with van der Waals surface area (Å²) in [5.74, 6) is -0.954. The first-order valence-electron chi connectivity index (χ1n) is 12.4. The second-order valence-electron chi connectivity index (χ2n) is 9.45. The maximum atomic E-state index is 13.9. The molecule has 1 heterocycles. The molecule has 1 aliphatic carbocycles. The fourth-order valence-corrected chi connectivity index (χ4v) is 5.21. The maximum absolute atomic E-state index is 13.9. The highest BCUT2D eigenvalue weighted by Crippen LogP contribution is 2.47. The molecule has 5 rings (SSSR count). The van der Waals surface area contributed by atoms with Gasteiger partial charge in [0.15, 0.2) is 5.78 Å². The minimum atomic E-state index is -0.659. The zero-order chi connectivity index (χ0) is 25.4. The molecule has 0 fully saturated rings. The van der Waals surface area contributed by atoms with Crippen molar-refractivity contribution in [3.05, 3.63) is 118 Å². The number of nitrogens with zero attached hydrogens (tertiary/aromatic N) is 1. The highest BCUT2D eigenvalue weighted by Gasteiger charge is 2.43. The molecule has 1 atom stereocenters. The van der Waals surface area contributed by atoms with Crippen molar-refractivity contribution >= 4 is 23.1 Å². The van der Waals surface area contributed by atoms with Gasteiger partial charge in [-0.2, -0.15) is 0 Å². The molecule has 0 saturated heterocycles. The highest BCUT2D eigenvalue weighted by molar-refractivity contribution is 6.19. The van der Waals surface area contributed by atoms with E-state index >= 15 is 0 Å². The van der Waals surface area contributed by atoms with E-state index in [2.05, 4.69) is 6.92 Å². The van der Waals surface area contributed by atoms with Crippen LogP contribution in [-0.4, -0.2) is 16.7 Å². The first-order valence-corrected chi connectivity index (χ1v) is 12.4. The summed E-state index contributed by atoms with van der Waals surface area (Å²) < 4.78 is 13.9. The highest BCUT2D eigenvalue weighted by atomic mass is 19.1. The van der Waals surface area contributed by atoms with Crippen LogP contribution in [0.25, 0.3) is 5.76 Å². The zero-order valence-corrected chi connectivity index (χ0v) is 20.5. The Kier molecular flexibility index (Phi) is 6.31. The van der Waals surface area contributed by atoms with Gasteiger partial charge in [-0.3, -0.25) is 15.1 Å². The van der Waals surface area contributed by atoms with Gasteiger partial charge in [0.25, 0.3) is 0 Å². The van der Waals surface area contributed by atoms with Crippen molar-refractivity contribution < 1.29 is 14.3 Å². The Morgan fingerprint density at radius 1 is 1.00 bits per heavy atom. The Bertz CT molecular complexity index is 1380. The molecular weight excluding hydrogens is 451 g/mol. The molecule has 182 valence electrons. The van der Waals surface area contributed by atoms with Crippen LogP contribution in [0.15, 0.2) is 89.6 Å². The number of ketones is 1. The molecule has 3 aromatic rings. The predicted molar refractivity (Wildman–Crippen MR) is 142 cm³/mol. The summed E-state index contributed by atoms with van der Waals surface area (Å²) in [5.41, 5.74) is 5.98. The van der Waals surface area contributed by atoms with E-state index in [9.17, 15) is 19.7 Å². The Morgan fingerprint density at radius 3 is 2.31 bits per heavy atom. The van der Waals surface area contributed by atoms with Gasteiger partial charge >= 0.3 is 0 Å². The Balaban J connectivity index is 1.80. The monoisotopic (exact) mass is 480 g/mol. The van der Waals surface area contributed by atoms with Crippen LogP contribution < -0.4 is 4.90 Å². The molecule has 0 bridgehead atoms. The van der Waals surface area contributed by atoms with Crippen molar-refractivity contribution in [2.75, 3.05) is 4.90 Å². The second kappa shape index (κ2) is 9.57. The normalized spacial score (nSPS) is 19.4. The number of carbonyl (C=O) groups is 1. The van der Waals surface area contributed by atoms with Gasteiger partial charge in [-0.15, -0.1) is 0 Å².